The maximum absolute atomic E-state index is 12.1. The Kier molecular flexibility index (Phi) is 6.10. The Labute approximate surface area is 123 Å². The van der Waals surface area contributed by atoms with E-state index in [0.717, 1.165) is 12.1 Å². The molecule has 1 unspecified atom stereocenters. The SMILES string of the molecule is CCOCC(NC(=O)c1ccc([N+](=O)[O-])c(O)c1)C(C)C. The first kappa shape index (κ1) is 16.9. The van der Waals surface area contributed by atoms with Crippen LogP contribution in [0.5, 0.6) is 5.75 Å². The Morgan fingerprint density at radius 1 is 1.48 bits per heavy atom. The molecule has 7 heteroatoms. The number of nitro benzene ring substituents is 1. The summed E-state index contributed by atoms with van der Waals surface area (Å²) in [5, 5.41) is 23.0. The van der Waals surface area contributed by atoms with Crippen LogP contribution in [0.1, 0.15) is 31.1 Å². The lowest BCUT2D eigenvalue weighted by Crippen LogP contribution is -2.41. The zero-order chi connectivity index (χ0) is 16.0. The maximum Gasteiger partial charge on any atom is 0.310 e. The molecular formula is C14H20N2O5. The molecule has 0 radical (unpaired) electrons. The second-order valence-electron chi connectivity index (χ2n) is 4.94. The van der Waals surface area contributed by atoms with Gasteiger partial charge in [-0.3, -0.25) is 14.9 Å². The van der Waals surface area contributed by atoms with Crippen molar-refractivity contribution in [1.82, 2.24) is 5.32 Å². The van der Waals surface area contributed by atoms with E-state index in [4.69, 9.17) is 4.74 Å². The number of aromatic hydroxyl groups is 1. The van der Waals surface area contributed by atoms with Crippen LogP contribution in [0.3, 0.4) is 0 Å². The molecule has 0 aliphatic carbocycles. The highest BCUT2D eigenvalue weighted by molar-refractivity contribution is 5.95. The lowest BCUT2D eigenvalue weighted by Gasteiger charge is -2.22. The second kappa shape index (κ2) is 7.58. The standard InChI is InChI=1S/C14H20N2O5/c1-4-21-8-11(9(2)3)15-14(18)10-5-6-12(16(19)20)13(17)7-10/h5-7,9,11,17H,4,8H2,1-3H3,(H,15,18). The molecule has 21 heavy (non-hydrogen) atoms. The predicted molar refractivity (Wildman–Crippen MR) is 77.3 cm³/mol. The van der Waals surface area contributed by atoms with E-state index in [2.05, 4.69) is 5.32 Å². The van der Waals surface area contributed by atoms with Gasteiger partial charge in [0.15, 0.2) is 5.75 Å². The zero-order valence-electron chi connectivity index (χ0n) is 12.3. The summed E-state index contributed by atoms with van der Waals surface area (Å²) < 4.78 is 5.31. The molecule has 1 amide bonds. The highest BCUT2D eigenvalue weighted by Crippen LogP contribution is 2.26. The fourth-order valence-corrected chi connectivity index (χ4v) is 1.72. The summed E-state index contributed by atoms with van der Waals surface area (Å²) in [5.74, 6) is -0.760. The van der Waals surface area contributed by atoms with Gasteiger partial charge in [0.2, 0.25) is 0 Å². The molecule has 1 aromatic rings. The topological polar surface area (TPSA) is 102 Å². The minimum absolute atomic E-state index is 0.167. The summed E-state index contributed by atoms with van der Waals surface area (Å²) in [5.41, 5.74) is -0.262. The fraction of sp³-hybridized carbons (Fsp3) is 0.500. The van der Waals surface area contributed by atoms with Crippen molar-refractivity contribution < 1.29 is 19.6 Å². The maximum atomic E-state index is 12.1. The van der Waals surface area contributed by atoms with Gasteiger partial charge in [0, 0.05) is 18.2 Å². The third-order valence-corrected chi connectivity index (χ3v) is 3.06. The van der Waals surface area contributed by atoms with Crippen LogP contribution in [0.4, 0.5) is 5.69 Å². The largest absolute Gasteiger partial charge is 0.502 e. The van der Waals surface area contributed by atoms with Crippen molar-refractivity contribution in [3.05, 3.63) is 33.9 Å². The number of amides is 1. The normalized spacial score (nSPS) is 12.2. The van der Waals surface area contributed by atoms with Gasteiger partial charge in [0.25, 0.3) is 5.91 Å². The molecule has 7 nitrogen and oxygen atoms in total. The monoisotopic (exact) mass is 296 g/mol. The van der Waals surface area contributed by atoms with Crippen molar-refractivity contribution in [2.24, 2.45) is 5.92 Å². The summed E-state index contributed by atoms with van der Waals surface area (Å²) in [6.45, 7) is 6.72. The van der Waals surface area contributed by atoms with Crippen LogP contribution in [0.25, 0.3) is 0 Å². The summed E-state index contributed by atoms with van der Waals surface area (Å²) in [7, 11) is 0. The first-order chi connectivity index (χ1) is 9.86. The van der Waals surface area contributed by atoms with Crippen molar-refractivity contribution >= 4 is 11.6 Å². The molecule has 0 aliphatic heterocycles. The molecule has 0 saturated heterocycles. The second-order valence-corrected chi connectivity index (χ2v) is 4.94. The number of carbonyl (C=O) groups excluding carboxylic acids is 1. The van der Waals surface area contributed by atoms with E-state index in [1.807, 2.05) is 20.8 Å². The molecule has 0 aromatic heterocycles. The quantitative estimate of drug-likeness (QED) is 0.592. The molecule has 0 fully saturated rings. The number of nitrogens with one attached hydrogen (secondary N) is 1. The Hall–Kier alpha value is -2.15. The number of phenolic OH excluding ortho intramolecular Hbond substituents is 1. The molecule has 0 saturated carbocycles. The highest BCUT2D eigenvalue weighted by atomic mass is 16.6. The zero-order valence-corrected chi connectivity index (χ0v) is 12.3. The van der Waals surface area contributed by atoms with Gasteiger partial charge in [-0.15, -0.1) is 0 Å². The molecule has 1 aromatic carbocycles. The Bertz CT molecular complexity index is 516. The number of ether oxygens (including phenoxy) is 1. The van der Waals surface area contributed by atoms with Gasteiger partial charge in [0.05, 0.1) is 17.6 Å². The number of carbonyl (C=O) groups is 1. The van der Waals surface area contributed by atoms with Gasteiger partial charge in [-0.2, -0.15) is 0 Å². The van der Waals surface area contributed by atoms with Gasteiger partial charge < -0.3 is 15.2 Å². The van der Waals surface area contributed by atoms with E-state index in [1.54, 1.807) is 0 Å². The van der Waals surface area contributed by atoms with Gasteiger partial charge in [-0.1, -0.05) is 13.8 Å². The summed E-state index contributed by atoms with van der Waals surface area (Å²) in [4.78, 5) is 22.0. The average molecular weight is 296 g/mol. The van der Waals surface area contributed by atoms with Crippen LogP contribution in [-0.4, -0.2) is 35.2 Å². The van der Waals surface area contributed by atoms with Gasteiger partial charge in [-0.05, 0) is 25.0 Å². The lowest BCUT2D eigenvalue weighted by atomic mass is 10.0. The van der Waals surface area contributed by atoms with Crippen molar-refractivity contribution in [2.45, 2.75) is 26.8 Å². The Morgan fingerprint density at radius 2 is 2.14 bits per heavy atom. The van der Waals surface area contributed by atoms with Crippen LogP contribution in [0.2, 0.25) is 0 Å². The molecule has 0 bridgehead atoms. The number of nitro groups is 1. The first-order valence-electron chi connectivity index (χ1n) is 6.72. The molecule has 0 aliphatic rings. The highest BCUT2D eigenvalue weighted by Gasteiger charge is 2.20. The number of rotatable bonds is 7. The van der Waals surface area contributed by atoms with Crippen molar-refractivity contribution in [3.8, 4) is 5.75 Å². The van der Waals surface area contributed by atoms with Crippen LogP contribution in [0.15, 0.2) is 18.2 Å². The van der Waals surface area contributed by atoms with Crippen molar-refractivity contribution in [2.75, 3.05) is 13.2 Å². The summed E-state index contributed by atoms with van der Waals surface area (Å²) >= 11 is 0. The van der Waals surface area contributed by atoms with E-state index in [0.29, 0.717) is 13.2 Å². The van der Waals surface area contributed by atoms with E-state index in [-0.39, 0.29) is 17.5 Å². The third-order valence-electron chi connectivity index (χ3n) is 3.06. The summed E-state index contributed by atoms with van der Waals surface area (Å²) in [6.07, 6.45) is 0. The first-order valence-corrected chi connectivity index (χ1v) is 6.72. The van der Waals surface area contributed by atoms with E-state index in [9.17, 15) is 20.0 Å². The number of benzene rings is 1. The lowest BCUT2D eigenvalue weighted by molar-refractivity contribution is -0.385. The van der Waals surface area contributed by atoms with E-state index in [1.165, 1.54) is 6.07 Å². The van der Waals surface area contributed by atoms with Gasteiger partial charge in [0.1, 0.15) is 0 Å². The van der Waals surface area contributed by atoms with E-state index >= 15 is 0 Å². The minimum atomic E-state index is -0.705. The van der Waals surface area contributed by atoms with Crippen molar-refractivity contribution in [3.63, 3.8) is 0 Å². The van der Waals surface area contributed by atoms with Crippen LogP contribution >= 0.6 is 0 Å². The van der Waals surface area contributed by atoms with Gasteiger partial charge >= 0.3 is 5.69 Å². The van der Waals surface area contributed by atoms with E-state index < -0.39 is 22.3 Å². The molecule has 0 heterocycles. The molecular weight excluding hydrogens is 276 g/mol. The van der Waals surface area contributed by atoms with Crippen molar-refractivity contribution in [1.29, 1.82) is 0 Å². The van der Waals surface area contributed by atoms with Crippen LogP contribution in [-0.2, 0) is 4.74 Å². The van der Waals surface area contributed by atoms with Gasteiger partial charge in [-0.25, -0.2) is 0 Å². The van der Waals surface area contributed by atoms with Crippen LogP contribution < -0.4 is 5.32 Å². The number of phenols is 1. The molecule has 1 rings (SSSR count). The number of nitrogens with zero attached hydrogens (tertiary/aromatic N) is 1. The average Bonchev–Trinajstić information content (AvgIpc) is 2.42. The molecule has 0 spiro atoms. The fourth-order valence-electron chi connectivity index (χ4n) is 1.72. The predicted octanol–water partition coefficient (Wildman–Crippen LogP) is 2.09. The molecule has 2 N–H and O–H groups in total. The Balaban J connectivity index is 2.83. The molecule has 1 atom stereocenters. The minimum Gasteiger partial charge on any atom is -0.502 e. The van der Waals surface area contributed by atoms with Crippen LogP contribution in [0, 0.1) is 16.0 Å². The number of hydrogen-bond acceptors (Lipinski definition) is 5. The molecule has 116 valence electrons. The number of hydrogen-bond donors (Lipinski definition) is 2. The smallest absolute Gasteiger partial charge is 0.310 e. The Morgan fingerprint density at radius 3 is 2.62 bits per heavy atom. The summed E-state index contributed by atoms with van der Waals surface area (Å²) in [6, 6.07) is 3.34. The third kappa shape index (κ3) is 4.71.